The monoisotopic (exact) mass is 771 g/mol. The number of likely N-dealkylation sites (N-methyl/N-ethyl adjacent to an activating group) is 1. The van der Waals surface area contributed by atoms with E-state index in [1.807, 2.05) is 0 Å². The summed E-state index contributed by atoms with van der Waals surface area (Å²) in [6.45, 7) is 13.0. The fourth-order valence-electron chi connectivity index (χ4n) is 6.52. The predicted molar refractivity (Wildman–Crippen MR) is 230 cm³/mol. The third-order valence-electron chi connectivity index (χ3n) is 10.1. The average molecular weight is 771 g/mol. The molecule has 0 bridgehead atoms. The molecule has 7 nitrogen and oxygen atoms in total. The molecule has 0 saturated carbocycles. The topological polar surface area (TPSA) is 77.1 Å². The van der Waals surface area contributed by atoms with Crippen LogP contribution in [0.5, 0.6) is 0 Å². The van der Waals surface area contributed by atoms with E-state index in [2.05, 4.69) is 61.6 Å². The Morgan fingerprint density at radius 3 is 1.17 bits per heavy atom. The van der Waals surface area contributed by atoms with Crippen LogP contribution in [0.2, 0.25) is 0 Å². The molecule has 0 heterocycles. The first-order valence-corrected chi connectivity index (χ1v) is 24.2. The second-order valence-electron chi connectivity index (χ2n) is 15.1. The Morgan fingerprint density at radius 2 is 0.811 bits per heavy atom. The van der Waals surface area contributed by atoms with Crippen molar-refractivity contribution in [3.05, 3.63) is 24.3 Å². The summed E-state index contributed by atoms with van der Waals surface area (Å²) in [5.74, 6) is 0. The van der Waals surface area contributed by atoms with Gasteiger partial charge in [-0.25, -0.2) is 0 Å². The van der Waals surface area contributed by atoms with Gasteiger partial charge in [-0.2, -0.15) is 13.1 Å². The second kappa shape index (κ2) is 42.4. The number of nitrogens with one attached hydrogen (secondary N) is 1. The Morgan fingerprint density at radius 1 is 0.472 bits per heavy atom. The summed E-state index contributed by atoms with van der Waals surface area (Å²) in [6, 6.07) is -0.461. The van der Waals surface area contributed by atoms with Gasteiger partial charge >= 0.3 is 10.3 Å². The normalized spacial score (nSPS) is 12.5. The highest BCUT2D eigenvalue weighted by atomic mass is 32.2. The van der Waals surface area contributed by atoms with Gasteiger partial charge in [-0.1, -0.05) is 168 Å². The molecule has 1 N–H and O–H groups in total. The van der Waals surface area contributed by atoms with Crippen molar-refractivity contribution >= 4 is 10.3 Å². The Kier molecular flexibility index (Phi) is 41.8. The third kappa shape index (κ3) is 40.7. The minimum atomic E-state index is -3.89. The molecule has 0 amide bonds. The van der Waals surface area contributed by atoms with Gasteiger partial charge in [0.15, 0.2) is 0 Å². The van der Waals surface area contributed by atoms with E-state index in [0.29, 0.717) is 19.8 Å². The zero-order valence-electron chi connectivity index (χ0n) is 35.7. The van der Waals surface area contributed by atoms with Gasteiger partial charge in [-0.15, -0.1) is 0 Å². The smallest absolute Gasteiger partial charge is 0.336 e. The molecule has 0 aliphatic heterocycles. The molecular weight excluding hydrogens is 681 g/mol. The lowest BCUT2D eigenvalue weighted by Gasteiger charge is -2.20. The van der Waals surface area contributed by atoms with Crippen molar-refractivity contribution in [2.45, 2.75) is 214 Å². The van der Waals surface area contributed by atoms with E-state index in [1.54, 1.807) is 0 Å². The fourth-order valence-corrected chi connectivity index (χ4v) is 7.43. The zero-order chi connectivity index (χ0) is 38.8. The van der Waals surface area contributed by atoms with Crippen LogP contribution < -0.4 is 4.72 Å². The molecule has 0 aromatic rings. The van der Waals surface area contributed by atoms with Crippen LogP contribution in [0.25, 0.3) is 0 Å². The standard InChI is InChI=1S/C45H90N2O5S/c1-5-9-11-13-15-17-19-21-23-25-27-29-31-33-35-37-40-50-43-45(46-53(48,49)52-42-39-47(7-3)8-4)44-51-41-38-36-34-32-30-28-26-24-22-20-18-16-14-12-10-6-2/h21-24,45-46H,5-20,25-44H2,1-4H3/b23-21-,24-22-. The maximum Gasteiger partial charge on any atom is 0.336 e. The number of hydrogen-bond acceptors (Lipinski definition) is 6. The van der Waals surface area contributed by atoms with Gasteiger partial charge in [0.05, 0.1) is 25.9 Å². The van der Waals surface area contributed by atoms with Gasteiger partial charge in [0.1, 0.15) is 0 Å². The number of allylic oxidation sites excluding steroid dienone is 4. The highest BCUT2D eigenvalue weighted by Crippen LogP contribution is 2.12. The molecule has 0 aromatic heterocycles. The number of nitrogens with zero attached hydrogens (tertiary/aromatic N) is 1. The first kappa shape index (κ1) is 52.2. The zero-order valence-corrected chi connectivity index (χ0v) is 36.6. The first-order valence-electron chi connectivity index (χ1n) is 22.8. The molecule has 0 rings (SSSR count). The van der Waals surface area contributed by atoms with Crippen LogP contribution >= 0.6 is 0 Å². The lowest BCUT2D eigenvalue weighted by atomic mass is 10.1. The van der Waals surface area contributed by atoms with Gasteiger partial charge in [-0.3, -0.25) is 4.18 Å². The molecule has 0 aromatic carbocycles. The number of unbranched alkanes of at least 4 members (excludes halogenated alkanes) is 24. The van der Waals surface area contributed by atoms with E-state index in [0.717, 1.165) is 38.8 Å². The molecule has 8 heteroatoms. The van der Waals surface area contributed by atoms with E-state index in [1.165, 1.54) is 154 Å². The van der Waals surface area contributed by atoms with Gasteiger partial charge in [0.2, 0.25) is 0 Å². The van der Waals surface area contributed by atoms with Crippen LogP contribution in [0, 0.1) is 0 Å². The summed E-state index contributed by atoms with van der Waals surface area (Å²) in [5, 5.41) is 0. The number of rotatable bonds is 44. The summed E-state index contributed by atoms with van der Waals surface area (Å²) >= 11 is 0. The fraction of sp³-hybridized carbons (Fsp3) is 0.911. The van der Waals surface area contributed by atoms with Crippen LogP contribution in [0.15, 0.2) is 24.3 Å². The van der Waals surface area contributed by atoms with E-state index < -0.39 is 16.3 Å². The quantitative estimate of drug-likeness (QED) is 0.0491. The molecule has 0 spiro atoms. The van der Waals surface area contributed by atoms with Crippen molar-refractivity contribution in [2.24, 2.45) is 0 Å². The van der Waals surface area contributed by atoms with Crippen molar-refractivity contribution in [3.63, 3.8) is 0 Å². The highest BCUT2D eigenvalue weighted by Gasteiger charge is 2.19. The molecule has 0 fully saturated rings. The minimum Gasteiger partial charge on any atom is -0.380 e. The third-order valence-corrected chi connectivity index (χ3v) is 11.2. The van der Waals surface area contributed by atoms with Gasteiger partial charge in [-0.05, 0) is 77.3 Å². The van der Waals surface area contributed by atoms with E-state index >= 15 is 0 Å². The van der Waals surface area contributed by atoms with Crippen LogP contribution in [-0.4, -0.2) is 72.0 Å². The van der Waals surface area contributed by atoms with Crippen LogP contribution in [-0.2, 0) is 24.0 Å². The molecule has 53 heavy (non-hydrogen) atoms. The van der Waals surface area contributed by atoms with Crippen LogP contribution in [0.3, 0.4) is 0 Å². The van der Waals surface area contributed by atoms with Gasteiger partial charge in [0, 0.05) is 19.8 Å². The maximum absolute atomic E-state index is 12.7. The molecular formula is C45H90N2O5S. The van der Waals surface area contributed by atoms with E-state index in [-0.39, 0.29) is 19.8 Å². The maximum atomic E-state index is 12.7. The molecule has 0 aliphatic rings. The summed E-state index contributed by atoms with van der Waals surface area (Å²) < 4.78 is 45.3. The summed E-state index contributed by atoms with van der Waals surface area (Å²) in [7, 11) is -3.89. The van der Waals surface area contributed by atoms with E-state index in [9.17, 15) is 8.42 Å². The minimum absolute atomic E-state index is 0.135. The molecule has 0 aliphatic carbocycles. The van der Waals surface area contributed by atoms with Crippen LogP contribution in [0.1, 0.15) is 207 Å². The second-order valence-corrected chi connectivity index (χ2v) is 16.5. The molecule has 0 radical (unpaired) electrons. The number of hydrogen-bond donors (Lipinski definition) is 1. The highest BCUT2D eigenvalue weighted by molar-refractivity contribution is 7.84. The van der Waals surface area contributed by atoms with Crippen LogP contribution in [0.4, 0.5) is 0 Å². The summed E-state index contributed by atoms with van der Waals surface area (Å²) in [5.41, 5.74) is 0. The van der Waals surface area contributed by atoms with Gasteiger partial charge < -0.3 is 14.4 Å². The molecule has 316 valence electrons. The molecule has 0 unspecified atom stereocenters. The first-order chi connectivity index (χ1) is 26.0. The largest absolute Gasteiger partial charge is 0.380 e. The Bertz CT molecular complexity index is 832. The Balaban J connectivity index is 4.13. The Hall–Kier alpha value is -0.770. The molecule has 0 atom stereocenters. The summed E-state index contributed by atoms with van der Waals surface area (Å²) in [6.07, 6.45) is 45.2. The SMILES string of the molecule is CCCCCCCC/C=C\CCCCCCCCOCC(COCCCCCCCC/C=C\CCCCCCCC)NS(=O)(=O)OCCN(CC)CC. The van der Waals surface area contributed by atoms with Crippen molar-refractivity contribution in [3.8, 4) is 0 Å². The lowest BCUT2D eigenvalue weighted by molar-refractivity contribution is 0.0583. The van der Waals surface area contributed by atoms with Crippen molar-refractivity contribution in [2.75, 3.05) is 52.7 Å². The Labute approximate surface area is 331 Å². The van der Waals surface area contributed by atoms with Crippen molar-refractivity contribution in [1.29, 1.82) is 0 Å². The van der Waals surface area contributed by atoms with E-state index in [4.69, 9.17) is 13.7 Å². The molecule has 0 saturated heterocycles. The average Bonchev–Trinajstić information content (AvgIpc) is 3.15. The van der Waals surface area contributed by atoms with Crippen molar-refractivity contribution in [1.82, 2.24) is 9.62 Å². The number of ether oxygens (including phenoxy) is 2. The van der Waals surface area contributed by atoms with Gasteiger partial charge in [0.25, 0.3) is 0 Å². The predicted octanol–water partition coefficient (Wildman–Crippen LogP) is 12.7. The summed E-state index contributed by atoms with van der Waals surface area (Å²) in [4.78, 5) is 2.14. The lowest BCUT2D eigenvalue weighted by Crippen LogP contribution is -2.43. The van der Waals surface area contributed by atoms with Crippen molar-refractivity contribution < 1.29 is 22.1 Å².